The van der Waals surface area contributed by atoms with Crippen LogP contribution >= 0.6 is 23.2 Å². The largest absolute Gasteiger partial charge is 0.361 e. The Hall–Kier alpha value is -2.05. The number of aryl methyl sites for hydroxylation is 1. The van der Waals surface area contributed by atoms with Crippen LogP contribution in [0.4, 0.5) is 0 Å². The number of amides is 2. The first kappa shape index (κ1) is 17.8. The Morgan fingerprint density at radius 2 is 1.92 bits per heavy atom. The van der Waals surface area contributed by atoms with Crippen LogP contribution in [-0.2, 0) is 0 Å². The SMILES string of the molecule is Cc1cc(C(=O)NC2CCN(C(=O)c3ccc(Cl)c(Cl)c3)CC2)no1. The van der Waals surface area contributed by atoms with Crippen LogP contribution in [0, 0.1) is 6.92 Å². The first-order valence-corrected chi connectivity index (χ1v) is 8.68. The van der Waals surface area contributed by atoms with Gasteiger partial charge in [-0.2, -0.15) is 0 Å². The number of likely N-dealkylation sites (tertiary alicyclic amines) is 1. The van der Waals surface area contributed by atoms with E-state index in [0.717, 1.165) is 0 Å². The van der Waals surface area contributed by atoms with Crippen LogP contribution in [0.5, 0.6) is 0 Å². The van der Waals surface area contributed by atoms with Crippen molar-refractivity contribution in [2.45, 2.75) is 25.8 Å². The Morgan fingerprint density at radius 1 is 1.20 bits per heavy atom. The van der Waals surface area contributed by atoms with Crippen molar-refractivity contribution in [3.05, 3.63) is 51.3 Å². The van der Waals surface area contributed by atoms with Crippen LogP contribution in [-0.4, -0.2) is 41.0 Å². The lowest BCUT2D eigenvalue weighted by Gasteiger charge is -2.32. The molecule has 1 aliphatic heterocycles. The van der Waals surface area contributed by atoms with Crippen LogP contribution in [0.15, 0.2) is 28.8 Å². The molecule has 6 nitrogen and oxygen atoms in total. The maximum Gasteiger partial charge on any atom is 0.273 e. The fourth-order valence-electron chi connectivity index (χ4n) is 2.77. The summed E-state index contributed by atoms with van der Waals surface area (Å²) in [6.07, 6.45) is 1.35. The second-order valence-electron chi connectivity index (χ2n) is 5.99. The topological polar surface area (TPSA) is 75.4 Å². The Kier molecular flexibility index (Phi) is 5.30. The third kappa shape index (κ3) is 4.14. The van der Waals surface area contributed by atoms with Crippen LogP contribution in [0.3, 0.4) is 0 Å². The highest BCUT2D eigenvalue weighted by atomic mass is 35.5. The molecule has 0 aliphatic carbocycles. The highest BCUT2D eigenvalue weighted by Crippen LogP contribution is 2.24. The summed E-state index contributed by atoms with van der Waals surface area (Å²) in [4.78, 5) is 26.4. The highest BCUT2D eigenvalue weighted by Gasteiger charge is 2.25. The second-order valence-corrected chi connectivity index (χ2v) is 6.81. The first-order chi connectivity index (χ1) is 11.9. The molecule has 0 spiro atoms. The lowest BCUT2D eigenvalue weighted by atomic mass is 10.0. The maximum atomic E-state index is 12.5. The average Bonchev–Trinajstić information content (AvgIpc) is 3.04. The van der Waals surface area contributed by atoms with Gasteiger partial charge in [0, 0.05) is 30.8 Å². The van der Waals surface area contributed by atoms with Gasteiger partial charge in [0.15, 0.2) is 5.69 Å². The van der Waals surface area contributed by atoms with Gasteiger partial charge in [-0.25, -0.2) is 0 Å². The van der Waals surface area contributed by atoms with E-state index in [2.05, 4.69) is 10.5 Å². The first-order valence-electron chi connectivity index (χ1n) is 7.92. The third-order valence-electron chi connectivity index (χ3n) is 4.14. The van der Waals surface area contributed by atoms with Gasteiger partial charge in [0.05, 0.1) is 10.0 Å². The molecule has 2 heterocycles. The lowest BCUT2D eigenvalue weighted by Crippen LogP contribution is -2.46. The van der Waals surface area contributed by atoms with Gasteiger partial charge in [0.25, 0.3) is 11.8 Å². The van der Waals surface area contributed by atoms with Crippen LogP contribution in [0.2, 0.25) is 10.0 Å². The van der Waals surface area contributed by atoms with Crippen molar-refractivity contribution < 1.29 is 14.1 Å². The molecule has 0 radical (unpaired) electrons. The van der Waals surface area contributed by atoms with Gasteiger partial charge in [-0.05, 0) is 38.0 Å². The van der Waals surface area contributed by atoms with Gasteiger partial charge in [-0.1, -0.05) is 28.4 Å². The number of benzene rings is 1. The van der Waals surface area contributed by atoms with E-state index in [0.29, 0.717) is 47.3 Å². The minimum Gasteiger partial charge on any atom is -0.361 e. The second kappa shape index (κ2) is 7.45. The molecule has 8 heteroatoms. The van der Waals surface area contributed by atoms with E-state index in [4.69, 9.17) is 27.7 Å². The van der Waals surface area contributed by atoms with Gasteiger partial charge in [-0.3, -0.25) is 9.59 Å². The molecule has 3 rings (SSSR count). The van der Waals surface area contributed by atoms with E-state index in [1.165, 1.54) is 0 Å². The number of nitrogens with zero attached hydrogens (tertiary/aromatic N) is 2. The van der Waals surface area contributed by atoms with E-state index < -0.39 is 0 Å². The molecule has 2 amide bonds. The molecule has 132 valence electrons. The Bertz CT molecular complexity index is 798. The molecule has 1 aliphatic rings. The molecule has 1 aromatic carbocycles. The summed E-state index contributed by atoms with van der Waals surface area (Å²) >= 11 is 11.9. The summed E-state index contributed by atoms with van der Waals surface area (Å²) in [5.41, 5.74) is 0.779. The zero-order chi connectivity index (χ0) is 18.0. The molecule has 2 aromatic rings. The summed E-state index contributed by atoms with van der Waals surface area (Å²) in [5, 5.41) is 7.41. The molecule has 1 aromatic heterocycles. The Morgan fingerprint density at radius 3 is 2.52 bits per heavy atom. The predicted molar refractivity (Wildman–Crippen MR) is 94.1 cm³/mol. The lowest BCUT2D eigenvalue weighted by molar-refractivity contribution is 0.0697. The van der Waals surface area contributed by atoms with Crippen molar-refractivity contribution in [3.63, 3.8) is 0 Å². The number of aromatic nitrogens is 1. The smallest absolute Gasteiger partial charge is 0.273 e. The molecule has 0 saturated carbocycles. The number of nitrogens with one attached hydrogen (secondary N) is 1. The third-order valence-corrected chi connectivity index (χ3v) is 4.88. The van der Waals surface area contributed by atoms with Gasteiger partial charge in [0.2, 0.25) is 0 Å². The van der Waals surface area contributed by atoms with E-state index in [9.17, 15) is 9.59 Å². The fourth-order valence-corrected chi connectivity index (χ4v) is 3.07. The van der Waals surface area contributed by atoms with Gasteiger partial charge >= 0.3 is 0 Å². The van der Waals surface area contributed by atoms with Crippen LogP contribution < -0.4 is 5.32 Å². The molecular formula is C17H17Cl2N3O3. The minimum absolute atomic E-state index is 0.00219. The maximum absolute atomic E-state index is 12.5. The average molecular weight is 382 g/mol. The fraction of sp³-hybridized carbons (Fsp3) is 0.353. The van der Waals surface area contributed by atoms with Crippen molar-refractivity contribution in [1.29, 1.82) is 0 Å². The predicted octanol–water partition coefficient (Wildman–Crippen LogP) is 3.32. The summed E-state index contributed by atoms with van der Waals surface area (Å²) in [5.74, 6) is 0.244. The monoisotopic (exact) mass is 381 g/mol. The number of carbonyl (C=O) groups excluding carboxylic acids is 2. The van der Waals surface area contributed by atoms with Gasteiger partial charge in [-0.15, -0.1) is 0 Å². The molecule has 25 heavy (non-hydrogen) atoms. The summed E-state index contributed by atoms with van der Waals surface area (Å²) in [6.45, 7) is 2.85. The number of hydrogen-bond acceptors (Lipinski definition) is 4. The summed E-state index contributed by atoms with van der Waals surface area (Å²) < 4.78 is 4.91. The van der Waals surface area contributed by atoms with Gasteiger partial charge in [0.1, 0.15) is 5.76 Å². The summed E-state index contributed by atoms with van der Waals surface area (Å²) in [6, 6.07) is 6.45. The standard InChI is InChI=1S/C17H17Cl2N3O3/c1-10-8-15(21-25-10)16(23)20-12-4-6-22(7-5-12)17(24)11-2-3-13(18)14(19)9-11/h2-3,8-9,12H,4-7H2,1H3,(H,20,23). The number of carbonyl (C=O) groups is 2. The minimum atomic E-state index is -0.258. The quantitative estimate of drug-likeness (QED) is 0.884. The van der Waals surface area contributed by atoms with Crippen LogP contribution in [0.1, 0.15) is 39.4 Å². The molecule has 0 bridgehead atoms. The van der Waals surface area contributed by atoms with Crippen molar-refractivity contribution in [1.82, 2.24) is 15.4 Å². The van der Waals surface area contributed by atoms with Crippen molar-refractivity contribution in [2.24, 2.45) is 0 Å². The molecule has 1 saturated heterocycles. The molecule has 1 fully saturated rings. The van der Waals surface area contributed by atoms with E-state index in [1.54, 1.807) is 36.1 Å². The highest BCUT2D eigenvalue weighted by molar-refractivity contribution is 6.42. The normalized spacial score (nSPS) is 15.2. The van der Waals surface area contributed by atoms with Crippen molar-refractivity contribution in [2.75, 3.05) is 13.1 Å². The van der Waals surface area contributed by atoms with E-state index in [1.807, 2.05) is 0 Å². The van der Waals surface area contributed by atoms with Crippen molar-refractivity contribution >= 4 is 35.0 Å². The molecule has 1 N–H and O–H groups in total. The molecular weight excluding hydrogens is 365 g/mol. The van der Waals surface area contributed by atoms with E-state index >= 15 is 0 Å². The molecule has 0 atom stereocenters. The Balaban J connectivity index is 1.55. The number of piperidine rings is 1. The van der Waals surface area contributed by atoms with Crippen LogP contribution in [0.25, 0.3) is 0 Å². The number of rotatable bonds is 3. The molecule has 0 unspecified atom stereocenters. The Labute approximate surface area is 155 Å². The number of halogens is 2. The van der Waals surface area contributed by atoms with E-state index in [-0.39, 0.29) is 23.6 Å². The zero-order valence-corrected chi connectivity index (χ0v) is 15.1. The van der Waals surface area contributed by atoms with Crippen molar-refractivity contribution in [3.8, 4) is 0 Å². The summed E-state index contributed by atoms with van der Waals surface area (Å²) in [7, 11) is 0. The van der Waals surface area contributed by atoms with Gasteiger partial charge < -0.3 is 14.7 Å². The number of hydrogen-bond donors (Lipinski definition) is 1. The zero-order valence-electron chi connectivity index (χ0n) is 13.6.